The summed E-state index contributed by atoms with van der Waals surface area (Å²) in [6, 6.07) is 7.15. The van der Waals surface area contributed by atoms with E-state index in [1.54, 1.807) is 14.0 Å². The first kappa shape index (κ1) is 16.8. The summed E-state index contributed by atoms with van der Waals surface area (Å²) in [4.78, 5) is 0. The molecule has 0 fully saturated rings. The van der Waals surface area contributed by atoms with Gasteiger partial charge in [-0.1, -0.05) is 12.1 Å². The largest absolute Gasteiger partial charge is 0.497 e. The quantitative estimate of drug-likeness (QED) is 0.741. The average molecular weight is 293 g/mol. The van der Waals surface area contributed by atoms with Crippen LogP contribution in [0, 0.1) is 0 Å². The zero-order chi connectivity index (χ0) is 15.2. The van der Waals surface area contributed by atoms with Gasteiger partial charge in [-0.15, -0.1) is 0 Å². The first-order valence-corrected chi connectivity index (χ1v) is 6.37. The fourth-order valence-electron chi connectivity index (χ4n) is 1.66. The maximum Gasteiger partial charge on any atom is 0.319 e. The van der Waals surface area contributed by atoms with E-state index in [0.29, 0.717) is 12.8 Å². The van der Waals surface area contributed by atoms with Crippen molar-refractivity contribution >= 4 is 0 Å². The van der Waals surface area contributed by atoms with Gasteiger partial charge in [-0.2, -0.15) is 8.78 Å². The third-order valence-corrected chi connectivity index (χ3v) is 3.03. The van der Waals surface area contributed by atoms with Crippen LogP contribution in [-0.2, 0) is 6.42 Å². The topological polar surface area (TPSA) is 21.3 Å². The van der Waals surface area contributed by atoms with Crippen molar-refractivity contribution in [3.8, 4) is 5.75 Å². The summed E-state index contributed by atoms with van der Waals surface area (Å²) in [6.45, 7) is 0.694. The Kier molecular flexibility index (Phi) is 6.26. The summed E-state index contributed by atoms with van der Waals surface area (Å²) < 4.78 is 54.4. The summed E-state index contributed by atoms with van der Waals surface area (Å²) in [5.74, 6) is -3.23. The number of benzene rings is 1. The van der Waals surface area contributed by atoms with Crippen molar-refractivity contribution in [2.24, 2.45) is 0 Å². The molecule has 0 spiro atoms. The molecule has 114 valence electrons. The molecule has 1 aromatic carbocycles. The summed E-state index contributed by atoms with van der Waals surface area (Å²) in [5.41, 5.74) is 1.04. The molecule has 1 rings (SSSR count). The van der Waals surface area contributed by atoms with Gasteiger partial charge in [0.2, 0.25) is 0 Å². The molecule has 0 aromatic heterocycles. The number of methoxy groups -OCH3 is 1. The van der Waals surface area contributed by atoms with E-state index in [1.807, 2.05) is 24.3 Å². The molecule has 1 aromatic rings. The maximum absolute atomic E-state index is 12.7. The molecule has 0 bridgehead atoms. The number of nitrogens with one attached hydrogen (secondary N) is 1. The molecule has 2 nitrogen and oxygen atoms in total. The van der Waals surface area contributed by atoms with Gasteiger partial charge in [0, 0.05) is 6.04 Å². The number of hydrogen-bond donors (Lipinski definition) is 1. The second-order valence-electron chi connectivity index (χ2n) is 4.73. The molecule has 0 radical (unpaired) electrons. The van der Waals surface area contributed by atoms with Crippen LogP contribution in [0.2, 0.25) is 0 Å². The predicted molar refractivity (Wildman–Crippen MR) is 69.7 cm³/mol. The lowest BCUT2D eigenvalue weighted by molar-refractivity contribution is -0.126. The van der Waals surface area contributed by atoms with E-state index in [0.717, 1.165) is 11.3 Å². The third-order valence-electron chi connectivity index (χ3n) is 3.03. The Hall–Kier alpha value is -1.30. The fourth-order valence-corrected chi connectivity index (χ4v) is 1.66. The molecule has 20 heavy (non-hydrogen) atoms. The van der Waals surface area contributed by atoms with E-state index in [4.69, 9.17) is 4.74 Å². The SMILES string of the molecule is COc1ccc(CCC(C)NCC(F)(F)C(F)F)cc1. The molecule has 0 aliphatic rings. The zero-order valence-electron chi connectivity index (χ0n) is 11.5. The second-order valence-corrected chi connectivity index (χ2v) is 4.73. The van der Waals surface area contributed by atoms with E-state index in [1.165, 1.54) is 0 Å². The van der Waals surface area contributed by atoms with Crippen LogP contribution in [0.15, 0.2) is 24.3 Å². The van der Waals surface area contributed by atoms with Crippen LogP contribution < -0.4 is 10.1 Å². The van der Waals surface area contributed by atoms with Gasteiger partial charge in [-0.3, -0.25) is 0 Å². The van der Waals surface area contributed by atoms with Crippen LogP contribution in [0.25, 0.3) is 0 Å². The lowest BCUT2D eigenvalue weighted by Crippen LogP contribution is -2.42. The van der Waals surface area contributed by atoms with Crippen molar-refractivity contribution in [1.82, 2.24) is 5.32 Å². The molecule has 0 aliphatic carbocycles. The fraction of sp³-hybridized carbons (Fsp3) is 0.571. The molecule has 1 atom stereocenters. The maximum atomic E-state index is 12.7. The zero-order valence-corrected chi connectivity index (χ0v) is 11.5. The Morgan fingerprint density at radius 3 is 2.30 bits per heavy atom. The lowest BCUT2D eigenvalue weighted by atomic mass is 10.1. The van der Waals surface area contributed by atoms with Crippen LogP contribution in [-0.4, -0.2) is 32.0 Å². The summed E-state index contributed by atoms with van der Waals surface area (Å²) in [6.07, 6.45) is -2.37. The number of alkyl halides is 4. The van der Waals surface area contributed by atoms with Gasteiger partial charge in [-0.05, 0) is 37.5 Å². The van der Waals surface area contributed by atoms with Crippen molar-refractivity contribution in [2.45, 2.75) is 38.2 Å². The van der Waals surface area contributed by atoms with Gasteiger partial charge in [0.15, 0.2) is 0 Å². The Balaban J connectivity index is 2.34. The smallest absolute Gasteiger partial charge is 0.319 e. The number of aryl methyl sites for hydroxylation is 1. The monoisotopic (exact) mass is 293 g/mol. The van der Waals surface area contributed by atoms with Gasteiger partial charge in [-0.25, -0.2) is 8.78 Å². The minimum atomic E-state index is -3.98. The third kappa shape index (κ3) is 5.36. The van der Waals surface area contributed by atoms with Gasteiger partial charge in [0.05, 0.1) is 13.7 Å². The molecule has 1 N–H and O–H groups in total. The van der Waals surface area contributed by atoms with E-state index in [2.05, 4.69) is 5.32 Å². The second kappa shape index (κ2) is 7.47. The Morgan fingerprint density at radius 1 is 1.20 bits per heavy atom. The number of halogens is 4. The molecular formula is C14H19F4NO. The first-order valence-electron chi connectivity index (χ1n) is 6.37. The highest BCUT2D eigenvalue weighted by atomic mass is 19.3. The molecule has 0 amide bonds. The molecule has 0 heterocycles. The van der Waals surface area contributed by atoms with Crippen LogP contribution >= 0.6 is 0 Å². The minimum Gasteiger partial charge on any atom is -0.497 e. The Morgan fingerprint density at radius 2 is 1.80 bits per heavy atom. The normalized spacial score (nSPS) is 13.6. The van der Waals surface area contributed by atoms with Crippen molar-refractivity contribution < 1.29 is 22.3 Å². The number of ether oxygens (including phenoxy) is 1. The van der Waals surface area contributed by atoms with Crippen molar-refractivity contribution in [3.63, 3.8) is 0 Å². The van der Waals surface area contributed by atoms with E-state index in [9.17, 15) is 17.6 Å². The first-order chi connectivity index (χ1) is 9.35. The minimum absolute atomic E-state index is 0.262. The molecule has 6 heteroatoms. The van der Waals surface area contributed by atoms with E-state index >= 15 is 0 Å². The summed E-state index contributed by atoms with van der Waals surface area (Å²) in [5, 5.41) is 2.44. The van der Waals surface area contributed by atoms with Gasteiger partial charge in [0.25, 0.3) is 0 Å². The Bertz CT molecular complexity index is 395. The van der Waals surface area contributed by atoms with Crippen LogP contribution in [0.5, 0.6) is 5.75 Å². The molecule has 1 unspecified atom stereocenters. The van der Waals surface area contributed by atoms with Gasteiger partial charge < -0.3 is 10.1 Å². The van der Waals surface area contributed by atoms with Gasteiger partial charge >= 0.3 is 12.3 Å². The standard InChI is InChI=1S/C14H19F4NO/c1-10(19-9-14(17,18)13(15)16)3-4-11-5-7-12(20-2)8-6-11/h5-8,10,13,19H,3-4,9H2,1-2H3. The molecule has 0 saturated heterocycles. The predicted octanol–water partition coefficient (Wildman–Crippen LogP) is 3.51. The van der Waals surface area contributed by atoms with E-state index < -0.39 is 18.9 Å². The molecule has 0 aliphatic heterocycles. The summed E-state index contributed by atoms with van der Waals surface area (Å²) >= 11 is 0. The molecule has 0 saturated carbocycles. The van der Waals surface area contributed by atoms with Gasteiger partial charge in [0.1, 0.15) is 5.75 Å². The number of rotatable bonds is 8. The Labute approximate surface area is 116 Å². The van der Waals surface area contributed by atoms with Crippen molar-refractivity contribution in [2.75, 3.05) is 13.7 Å². The highest BCUT2D eigenvalue weighted by molar-refractivity contribution is 5.27. The highest BCUT2D eigenvalue weighted by Crippen LogP contribution is 2.22. The van der Waals surface area contributed by atoms with Crippen LogP contribution in [0.1, 0.15) is 18.9 Å². The average Bonchev–Trinajstić information content (AvgIpc) is 2.43. The summed E-state index contributed by atoms with van der Waals surface area (Å²) in [7, 11) is 1.57. The van der Waals surface area contributed by atoms with Crippen molar-refractivity contribution in [3.05, 3.63) is 29.8 Å². The van der Waals surface area contributed by atoms with Crippen molar-refractivity contribution in [1.29, 1.82) is 0 Å². The van der Waals surface area contributed by atoms with E-state index in [-0.39, 0.29) is 6.04 Å². The van der Waals surface area contributed by atoms with Crippen LogP contribution in [0.4, 0.5) is 17.6 Å². The lowest BCUT2D eigenvalue weighted by Gasteiger charge is -2.19. The molecular weight excluding hydrogens is 274 g/mol. The van der Waals surface area contributed by atoms with Crippen LogP contribution in [0.3, 0.4) is 0 Å². The number of hydrogen-bond acceptors (Lipinski definition) is 2. The highest BCUT2D eigenvalue weighted by Gasteiger charge is 2.40.